The first-order valence-electron chi connectivity index (χ1n) is 10.0. The van der Waals surface area contributed by atoms with Gasteiger partial charge in [0.2, 0.25) is 0 Å². The third-order valence-electron chi connectivity index (χ3n) is 6.03. The fourth-order valence-electron chi connectivity index (χ4n) is 3.77. The van der Waals surface area contributed by atoms with Crippen molar-refractivity contribution in [2.75, 3.05) is 25.6 Å². The molecule has 192 valence electrons. The zero-order chi connectivity index (χ0) is 25.3. The summed E-state index contributed by atoms with van der Waals surface area (Å²) in [5.74, 6) is -9.27. The van der Waals surface area contributed by atoms with Crippen LogP contribution in [0.3, 0.4) is 0 Å². The summed E-state index contributed by atoms with van der Waals surface area (Å²) >= 11 is 0. The molecule has 0 aromatic carbocycles. The minimum absolute atomic E-state index is 0.0564. The summed E-state index contributed by atoms with van der Waals surface area (Å²) in [6.07, 6.45) is -12.2. The van der Waals surface area contributed by atoms with Gasteiger partial charge in [0.1, 0.15) is 6.61 Å². The van der Waals surface area contributed by atoms with Gasteiger partial charge in [-0.25, -0.2) is 8.42 Å². The standard InChI is InChI=1S/C18H24F6O8S/c1-2-15(7-30-8-15)9-31-13(25)11-5-3-4-6-12(11)14(26)32-16(17(19,20)21,18(22,23)24)10-33(27,28)29/h11-12H,2-10H2,1H3,(H,27,28,29)/p-1. The number of hydrogen-bond donors (Lipinski definition) is 0. The molecule has 0 aromatic rings. The summed E-state index contributed by atoms with van der Waals surface area (Å²) in [7, 11) is -6.15. The van der Waals surface area contributed by atoms with Crippen molar-refractivity contribution in [3.63, 3.8) is 0 Å². The van der Waals surface area contributed by atoms with E-state index in [9.17, 15) is 48.9 Å². The molecule has 1 aliphatic heterocycles. The van der Waals surface area contributed by atoms with E-state index in [-0.39, 0.29) is 25.9 Å². The van der Waals surface area contributed by atoms with Crippen molar-refractivity contribution in [3.8, 4) is 0 Å². The predicted octanol–water partition coefficient (Wildman–Crippen LogP) is 2.71. The van der Waals surface area contributed by atoms with Crippen LogP contribution in [0.2, 0.25) is 0 Å². The van der Waals surface area contributed by atoms with Crippen molar-refractivity contribution in [1.82, 2.24) is 0 Å². The molecule has 15 heteroatoms. The number of alkyl halides is 6. The Morgan fingerprint density at radius 3 is 1.85 bits per heavy atom. The fraction of sp³-hybridized carbons (Fsp3) is 0.889. The van der Waals surface area contributed by atoms with Crippen LogP contribution in [-0.4, -0.2) is 68.4 Å². The van der Waals surface area contributed by atoms with Gasteiger partial charge in [0.05, 0.1) is 46.3 Å². The highest BCUT2D eigenvalue weighted by atomic mass is 32.2. The monoisotopic (exact) mass is 513 g/mol. The van der Waals surface area contributed by atoms with Crippen LogP contribution in [0.15, 0.2) is 0 Å². The molecule has 0 amide bonds. The minimum Gasteiger partial charge on any atom is -0.748 e. The average Bonchev–Trinajstić information content (AvgIpc) is 2.63. The molecule has 1 heterocycles. The Morgan fingerprint density at radius 2 is 1.48 bits per heavy atom. The van der Waals surface area contributed by atoms with Crippen LogP contribution in [0.4, 0.5) is 26.3 Å². The zero-order valence-corrected chi connectivity index (χ0v) is 18.3. The van der Waals surface area contributed by atoms with E-state index < -0.39 is 63.0 Å². The number of ether oxygens (including phenoxy) is 3. The fourth-order valence-corrected chi connectivity index (χ4v) is 4.66. The maximum Gasteiger partial charge on any atom is 0.438 e. The summed E-state index contributed by atoms with van der Waals surface area (Å²) < 4.78 is 127. The lowest BCUT2D eigenvalue weighted by Crippen LogP contribution is -2.64. The number of rotatable bonds is 8. The Labute approximate surface area is 185 Å². The number of esters is 2. The average molecular weight is 513 g/mol. The number of carbonyl (C=O) groups excluding carboxylic acids is 2. The number of halogens is 6. The summed E-state index contributed by atoms with van der Waals surface area (Å²) in [4.78, 5) is 25.0. The summed E-state index contributed by atoms with van der Waals surface area (Å²) in [5, 5.41) is 0. The maximum atomic E-state index is 13.4. The number of hydrogen-bond acceptors (Lipinski definition) is 8. The molecule has 1 saturated carbocycles. The molecule has 8 nitrogen and oxygen atoms in total. The highest BCUT2D eigenvalue weighted by Crippen LogP contribution is 2.48. The quantitative estimate of drug-likeness (QED) is 0.276. The van der Waals surface area contributed by atoms with Crippen LogP contribution >= 0.6 is 0 Å². The van der Waals surface area contributed by atoms with Crippen LogP contribution in [0.5, 0.6) is 0 Å². The van der Waals surface area contributed by atoms with Gasteiger partial charge in [-0.05, 0) is 19.3 Å². The van der Waals surface area contributed by atoms with Crippen LogP contribution in [-0.2, 0) is 33.9 Å². The Kier molecular flexibility index (Phi) is 8.01. The first-order valence-corrected chi connectivity index (χ1v) is 11.6. The summed E-state index contributed by atoms with van der Waals surface area (Å²) in [5.41, 5.74) is -6.02. The van der Waals surface area contributed by atoms with Gasteiger partial charge in [-0.1, -0.05) is 19.8 Å². The van der Waals surface area contributed by atoms with Crippen molar-refractivity contribution >= 4 is 22.1 Å². The molecule has 2 atom stereocenters. The van der Waals surface area contributed by atoms with Crippen LogP contribution in [0.1, 0.15) is 39.0 Å². The molecule has 0 bridgehead atoms. The van der Waals surface area contributed by atoms with Gasteiger partial charge in [0.15, 0.2) is 0 Å². The van der Waals surface area contributed by atoms with Gasteiger partial charge in [-0.3, -0.25) is 9.59 Å². The van der Waals surface area contributed by atoms with Gasteiger partial charge in [-0.15, -0.1) is 0 Å². The molecule has 0 N–H and O–H groups in total. The van der Waals surface area contributed by atoms with Gasteiger partial charge in [0.25, 0.3) is 0 Å². The Bertz CT molecular complexity index is 814. The van der Waals surface area contributed by atoms with E-state index in [0.717, 1.165) is 0 Å². The van der Waals surface area contributed by atoms with E-state index in [1.54, 1.807) is 0 Å². The predicted molar refractivity (Wildman–Crippen MR) is 95.4 cm³/mol. The SMILES string of the molecule is CCC1(COC(=O)C2CCCCC2C(=O)OC(CS(=O)(=O)[O-])(C(F)(F)F)C(F)(F)F)COC1. The van der Waals surface area contributed by atoms with Crippen molar-refractivity contribution in [1.29, 1.82) is 0 Å². The van der Waals surface area contributed by atoms with E-state index in [0.29, 0.717) is 26.1 Å². The van der Waals surface area contributed by atoms with Crippen LogP contribution in [0, 0.1) is 17.3 Å². The van der Waals surface area contributed by atoms with Gasteiger partial charge >= 0.3 is 29.9 Å². The molecular formula is C18H23F6O8S-. The van der Waals surface area contributed by atoms with Crippen LogP contribution in [0.25, 0.3) is 0 Å². The third kappa shape index (κ3) is 6.10. The second kappa shape index (κ2) is 9.56. The molecule has 0 aromatic heterocycles. The Hall–Kier alpha value is -1.61. The van der Waals surface area contributed by atoms with E-state index in [1.165, 1.54) is 0 Å². The Morgan fingerprint density at radius 1 is 1.00 bits per heavy atom. The van der Waals surface area contributed by atoms with Gasteiger partial charge < -0.3 is 18.8 Å². The molecule has 0 radical (unpaired) electrons. The first-order chi connectivity index (χ1) is 15.0. The maximum absolute atomic E-state index is 13.4. The van der Waals surface area contributed by atoms with E-state index in [1.807, 2.05) is 6.92 Å². The topological polar surface area (TPSA) is 119 Å². The second-order valence-corrected chi connectivity index (χ2v) is 9.80. The van der Waals surface area contributed by atoms with E-state index in [4.69, 9.17) is 9.47 Å². The van der Waals surface area contributed by atoms with E-state index in [2.05, 4.69) is 4.74 Å². The normalized spacial score (nSPS) is 24.0. The minimum atomic E-state index is -6.47. The van der Waals surface area contributed by atoms with Gasteiger partial charge in [0, 0.05) is 0 Å². The highest BCUT2D eigenvalue weighted by Gasteiger charge is 2.75. The lowest BCUT2D eigenvalue weighted by atomic mass is 9.79. The van der Waals surface area contributed by atoms with Crippen molar-refractivity contribution in [2.24, 2.45) is 17.3 Å². The van der Waals surface area contributed by atoms with Crippen LogP contribution < -0.4 is 0 Å². The molecular weight excluding hydrogens is 490 g/mol. The molecule has 0 spiro atoms. The lowest BCUT2D eigenvalue weighted by Gasteiger charge is -2.41. The molecule has 2 unspecified atom stereocenters. The lowest BCUT2D eigenvalue weighted by molar-refractivity contribution is -0.362. The zero-order valence-electron chi connectivity index (χ0n) is 17.5. The van der Waals surface area contributed by atoms with Crippen molar-refractivity contribution in [2.45, 2.75) is 57.0 Å². The van der Waals surface area contributed by atoms with E-state index >= 15 is 0 Å². The first kappa shape index (κ1) is 27.6. The largest absolute Gasteiger partial charge is 0.748 e. The molecule has 1 saturated heterocycles. The molecule has 2 aliphatic rings. The molecule has 2 rings (SSSR count). The second-order valence-electron chi connectivity index (χ2n) is 8.40. The smallest absolute Gasteiger partial charge is 0.438 e. The Balaban J connectivity index is 2.27. The summed E-state index contributed by atoms with van der Waals surface area (Å²) in [6.45, 7) is 2.31. The van der Waals surface area contributed by atoms with Crippen molar-refractivity contribution < 1.29 is 63.1 Å². The molecule has 2 fully saturated rings. The highest BCUT2D eigenvalue weighted by molar-refractivity contribution is 7.85. The molecule has 33 heavy (non-hydrogen) atoms. The summed E-state index contributed by atoms with van der Waals surface area (Å²) in [6, 6.07) is 0. The van der Waals surface area contributed by atoms with Gasteiger partial charge in [-0.2, -0.15) is 26.3 Å². The van der Waals surface area contributed by atoms with Crippen molar-refractivity contribution in [3.05, 3.63) is 0 Å². The number of carbonyl (C=O) groups is 2. The third-order valence-corrected chi connectivity index (χ3v) is 6.79. The molecule has 1 aliphatic carbocycles.